The van der Waals surface area contributed by atoms with E-state index in [0.29, 0.717) is 28.9 Å². The van der Waals surface area contributed by atoms with Crippen molar-refractivity contribution in [2.45, 2.75) is 75.7 Å². The van der Waals surface area contributed by atoms with Crippen LogP contribution in [0.15, 0.2) is 58.5 Å². The predicted octanol–water partition coefficient (Wildman–Crippen LogP) is 4.32. The van der Waals surface area contributed by atoms with Gasteiger partial charge in [-0.05, 0) is 37.5 Å². The van der Waals surface area contributed by atoms with E-state index in [-0.39, 0.29) is 36.7 Å². The number of rotatable bonds is 9. The average molecular weight is 562 g/mol. The smallest absolute Gasteiger partial charge is 0.259 e. The molecule has 2 aliphatic heterocycles. The van der Waals surface area contributed by atoms with Crippen LogP contribution in [-0.4, -0.2) is 58.1 Å². The third kappa shape index (κ3) is 6.06. The first-order valence-corrected chi connectivity index (χ1v) is 14.8. The van der Waals surface area contributed by atoms with Gasteiger partial charge in [-0.1, -0.05) is 68.3 Å². The molecule has 1 saturated carbocycles. The molecule has 0 bridgehead atoms. The Labute approximate surface area is 238 Å². The van der Waals surface area contributed by atoms with Gasteiger partial charge in [-0.3, -0.25) is 19.4 Å². The van der Waals surface area contributed by atoms with Crippen LogP contribution in [0.4, 0.5) is 5.69 Å². The van der Waals surface area contributed by atoms with Crippen molar-refractivity contribution in [2.75, 3.05) is 7.11 Å². The fourth-order valence-corrected chi connectivity index (χ4v) is 6.32. The second-order valence-corrected chi connectivity index (χ2v) is 11.4. The van der Waals surface area contributed by atoms with Crippen LogP contribution < -0.4 is 15.4 Å². The highest BCUT2D eigenvalue weighted by Crippen LogP contribution is 2.36. The van der Waals surface area contributed by atoms with E-state index in [1.165, 1.54) is 23.1 Å². The van der Waals surface area contributed by atoms with Gasteiger partial charge in [-0.15, -0.1) is 0 Å². The van der Waals surface area contributed by atoms with E-state index in [9.17, 15) is 14.4 Å². The highest BCUT2D eigenvalue weighted by Gasteiger charge is 2.43. The Bertz CT molecular complexity index is 1340. The van der Waals surface area contributed by atoms with E-state index in [0.717, 1.165) is 36.8 Å². The monoisotopic (exact) mass is 561 g/mol. The molecule has 2 aromatic carbocycles. The molecule has 10 heteroatoms. The maximum atomic E-state index is 13.6. The number of para-hydroxylation sites is 2. The van der Waals surface area contributed by atoms with Gasteiger partial charge < -0.3 is 15.4 Å². The lowest BCUT2D eigenvalue weighted by Crippen LogP contribution is -2.45. The Kier molecular flexibility index (Phi) is 8.84. The standard InChI is InChI=1S/C30H35N5O4S/c1-3-25(28(37)32-20-12-5-4-6-13-20)40-30-34-22-15-9-8-14-21(22)27-33-23(29(38)35(27)30)17-26(36)31-18-19-11-7-10-16-24(19)39-2/h7-11,14-16,20,23,25H,3-6,12-13,17-18H2,1-2H3,(H,31,36)(H,32,37)/t23-,25+/m0/s1. The largest absolute Gasteiger partial charge is 0.496 e. The van der Waals surface area contributed by atoms with Gasteiger partial charge in [-0.25, -0.2) is 9.89 Å². The van der Waals surface area contributed by atoms with Gasteiger partial charge in [0.2, 0.25) is 11.8 Å². The van der Waals surface area contributed by atoms with Crippen LogP contribution in [-0.2, 0) is 20.9 Å². The van der Waals surface area contributed by atoms with Crippen molar-refractivity contribution in [3.8, 4) is 5.75 Å². The lowest BCUT2D eigenvalue weighted by molar-refractivity contribution is -0.128. The average Bonchev–Trinajstić information content (AvgIpc) is 3.31. The van der Waals surface area contributed by atoms with Crippen molar-refractivity contribution in [3.63, 3.8) is 0 Å². The van der Waals surface area contributed by atoms with Gasteiger partial charge in [0, 0.05) is 23.7 Å². The minimum absolute atomic E-state index is 0.0293. The fourth-order valence-electron chi connectivity index (χ4n) is 5.30. The number of nitrogens with one attached hydrogen (secondary N) is 2. The molecule has 3 aliphatic rings. The number of thioether (sulfide) groups is 1. The molecule has 2 heterocycles. The molecule has 2 aromatic rings. The minimum Gasteiger partial charge on any atom is -0.496 e. The van der Waals surface area contributed by atoms with Crippen LogP contribution >= 0.6 is 11.8 Å². The van der Waals surface area contributed by atoms with Crippen molar-refractivity contribution >= 4 is 46.2 Å². The third-order valence-corrected chi connectivity index (χ3v) is 8.77. The number of amidine groups is 2. The second-order valence-electron chi connectivity index (χ2n) is 10.2. The number of hydrogen-bond donors (Lipinski definition) is 2. The first kappa shape index (κ1) is 27.9. The maximum absolute atomic E-state index is 13.6. The minimum atomic E-state index is -0.874. The number of fused-ring (bicyclic) bond motifs is 3. The van der Waals surface area contributed by atoms with Crippen LogP contribution in [0.25, 0.3) is 0 Å². The van der Waals surface area contributed by atoms with Gasteiger partial charge in [0.1, 0.15) is 17.6 Å². The molecule has 9 nitrogen and oxygen atoms in total. The number of hydrogen-bond acceptors (Lipinski definition) is 7. The Morgan fingerprint density at radius 1 is 1.10 bits per heavy atom. The molecule has 1 aliphatic carbocycles. The van der Waals surface area contributed by atoms with E-state index >= 15 is 0 Å². The van der Waals surface area contributed by atoms with Crippen molar-refractivity contribution in [3.05, 3.63) is 59.7 Å². The molecule has 0 unspecified atom stereocenters. The number of benzene rings is 2. The number of amides is 3. The Morgan fingerprint density at radius 3 is 2.62 bits per heavy atom. The zero-order chi connectivity index (χ0) is 28.1. The number of methoxy groups -OCH3 is 1. The number of carbonyl (C=O) groups excluding carboxylic acids is 3. The first-order valence-electron chi connectivity index (χ1n) is 13.9. The number of nitrogens with zero attached hydrogens (tertiary/aromatic N) is 3. The molecule has 0 spiro atoms. The summed E-state index contributed by atoms with van der Waals surface area (Å²) in [6.07, 6.45) is 5.99. The summed E-state index contributed by atoms with van der Waals surface area (Å²) in [5.41, 5.74) is 2.27. The van der Waals surface area contributed by atoms with Crippen LogP contribution in [0.5, 0.6) is 5.75 Å². The van der Waals surface area contributed by atoms with Crippen molar-refractivity contribution in [2.24, 2.45) is 9.98 Å². The molecule has 0 saturated heterocycles. The van der Waals surface area contributed by atoms with Crippen LogP contribution in [0.1, 0.15) is 63.0 Å². The van der Waals surface area contributed by atoms with Crippen LogP contribution in [0, 0.1) is 0 Å². The van der Waals surface area contributed by atoms with Crippen LogP contribution in [0.3, 0.4) is 0 Å². The molecule has 0 radical (unpaired) electrons. The topological polar surface area (TPSA) is 112 Å². The van der Waals surface area contributed by atoms with Gasteiger partial charge in [0.05, 0.1) is 24.5 Å². The fraction of sp³-hybridized carbons (Fsp3) is 0.433. The lowest BCUT2D eigenvalue weighted by atomic mass is 9.95. The second kappa shape index (κ2) is 12.7. The van der Waals surface area contributed by atoms with Gasteiger partial charge in [-0.2, -0.15) is 0 Å². The highest BCUT2D eigenvalue weighted by atomic mass is 32.2. The summed E-state index contributed by atoms with van der Waals surface area (Å²) in [7, 11) is 1.59. The number of carbonyl (C=O) groups is 3. The maximum Gasteiger partial charge on any atom is 0.259 e. The van der Waals surface area contributed by atoms with Gasteiger partial charge in [0.15, 0.2) is 5.17 Å². The van der Waals surface area contributed by atoms with Crippen molar-refractivity contribution < 1.29 is 19.1 Å². The SMILES string of the molecule is CC[C@@H](SC1=Nc2ccccc2C2=N[C@@H](CC(=O)NCc3ccccc3OC)C(=O)N12)C(=O)NC1CCCCC1. The Hall–Kier alpha value is -3.66. The zero-order valence-corrected chi connectivity index (χ0v) is 23.7. The molecule has 0 aromatic heterocycles. The summed E-state index contributed by atoms with van der Waals surface area (Å²) in [6, 6.07) is 14.3. The van der Waals surface area contributed by atoms with E-state index in [1.54, 1.807) is 7.11 Å². The molecule has 40 heavy (non-hydrogen) atoms. The summed E-state index contributed by atoms with van der Waals surface area (Å²) < 4.78 is 5.36. The molecular weight excluding hydrogens is 526 g/mol. The number of aliphatic imine (C=N–C) groups is 2. The molecule has 2 atom stereocenters. The molecule has 5 rings (SSSR count). The van der Waals surface area contributed by atoms with E-state index < -0.39 is 11.3 Å². The normalized spacial score (nSPS) is 19.2. The molecular formula is C30H35N5O4S. The van der Waals surface area contributed by atoms with Gasteiger partial charge >= 0.3 is 0 Å². The number of ether oxygens (including phenoxy) is 1. The van der Waals surface area contributed by atoms with Gasteiger partial charge in [0.25, 0.3) is 5.91 Å². The van der Waals surface area contributed by atoms with E-state index in [4.69, 9.17) is 14.7 Å². The lowest BCUT2D eigenvalue weighted by Gasteiger charge is -2.29. The van der Waals surface area contributed by atoms with Crippen LogP contribution in [0.2, 0.25) is 0 Å². The third-order valence-electron chi connectivity index (χ3n) is 7.46. The molecule has 2 N–H and O–H groups in total. The molecule has 210 valence electrons. The summed E-state index contributed by atoms with van der Waals surface area (Å²) >= 11 is 1.29. The van der Waals surface area contributed by atoms with E-state index in [1.807, 2.05) is 55.5 Å². The Morgan fingerprint density at radius 2 is 1.85 bits per heavy atom. The first-order chi connectivity index (χ1) is 19.5. The summed E-state index contributed by atoms with van der Waals surface area (Å²) in [5, 5.41) is 6.11. The quantitative estimate of drug-likeness (QED) is 0.474. The summed E-state index contributed by atoms with van der Waals surface area (Å²) in [4.78, 5) is 50.7. The van der Waals surface area contributed by atoms with Crippen molar-refractivity contribution in [1.29, 1.82) is 0 Å². The zero-order valence-electron chi connectivity index (χ0n) is 22.9. The molecule has 1 fully saturated rings. The predicted molar refractivity (Wildman–Crippen MR) is 157 cm³/mol. The molecule has 3 amide bonds. The summed E-state index contributed by atoms with van der Waals surface area (Å²) in [6.45, 7) is 2.24. The summed E-state index contributed by atoms with van der Waals surface area (Å²) in [5.74, 6) is 0.531. The Balaban J connectivity index is 1.30. The van der Waals surface area contributed by atoms with E-state index in [2.05, 4.69) is 10.6 Å². The highest BCUT2D eigenvalue weighted by molar-refractivity contribution is 8.15. The van der Waals surface area contributed by atoms with Crippen molar-refractivity contribution in [1.82, 2.24) is 15.5 Å².